The molecule has 1 atom stereocenters. The minimum Gasteiger partial charge on any atom is -0.442 e. The third-order valence-corrected chi connectivity index (χ3v) is 3.74. The number of amides is 2. The average molecular weight is 361 g/mol. The van der Waals surface area contributed by atoms with E-state index in [1.807, 2.05) is 0 Å². The number of hydrogen-bond acceptors (Lipinski definition) is 6. The zero-order valence-electron chi connectivity index (χ0n) is 13.8. The second-order valence-corrected chi connectivity index (χ2v) is 5.62. The molecule has 1 aromatic heterocycles. The van der Waals surface area contributed by atoms with E-state index in [1.54, 1.807) is 12.1 Å². The van der Waals surface area contributed by atoms with E-state index in [0.29, 0.717) is 11.4 Å². The Bertz CT molecular complexity index is 866. The van der Waals surface area contributed by atoms with Crippen LogP contribution in [0.5, 0.6) is 0 Å². The highest BCUT2D eigenvalue weighted by Crippen LogP contribution is 2.25. The Balaban J connectivity index is 1.76. The number of cyclic esters (lactones) is 1. The summed E-state index contributed by atoms with van der Waals surface area (Å²) in [4.78, 5) is 24.2. The third-order valence-electron chi connectivity index (χ3n) is 3.74. The summed E-state index contributed by atoms with van der Waals surface area (Å²) >= 11 is 0. The first-order valence-corrected chi connectivity index (χ1v) is 7.73. The van der Waals surface area contributed by atoms with E-state index in [2.05, 4.69) is 15.6 Å². The highest BCUT2D eigenvalue weighted by molar-refractivity contribution is 5.90. The summed E-state index contributed by atoms with van der Waals surface area (Å²) in [7, 11) is 0. The number of hydrogen-bond donors (Lipinski definition) is 2. The molecule has 136 valence electrons. The van der Waals surface area contributed by atoms with Crippen LogP contribution in [0, 0.1) is 5.82 Å². The fraction of sp³-hybridized carbons (Fsp3) is 0.250. The van der Waals surface area contributed by atoms with Gasteiger partial charge in [0.2, 0.25) is 5.91 Å². The van der Waals surface area contributed by atoms with Crippen molar-refractivity contribution < 1.29 is 23.9 Å². The first-order chi connectivity index (χ1) is 12.5. The molecule has 2 aromatic rings. The normalized spacial score (nSPS) is 16.9. The molecule has 1 aliphatic heterocycles. The van der Waals surface area contributed by atoms with Gasteiger partial charge in [0, 0.05) is 13.1 Å². The van der Waals surface area contributed by atoms with Gasteiger partial charge in [0.25, 0.3) is 0 Å². The SMILES string of the molecule is CC(=O)NC[C@H]1CN(c2ccc(-n3ccc(C=NO)n3)c(F)c2)C(=O)O1. The van der Waals surface area contributed by atoms with Crippen molar-refractivity contribution in [3.63, 3.8) is 0 Å². The second-order valence-electron chi connectivity index (χ2n) is 5.62. The minimum atomic E-state index is -0.604. The zero-order valence-corrected chi connectivity index (χ0v) is 13.8. The van der Waals surface area contributed by atoms with Crippen molar-refractivity contribution in [1.82, 2.24) is 15.1 Å². The van der Waals surface area contributed by atoms with Crippen molar-refractivity contribution in [2.75, 3.05) is 18.0 Å². The monoisotopic (exact) mass is 361 g/mol. The first-order valence-electron chi connectivity index (χ1n) is 7.73. The lowest BCUT2D eigenvalue weighted by molar-refractivity contribution is -0.119. The molecule has 10 heteroatoms. The van der Waals surface area contributed by atoms with Gasteiger partial charge < -0.3 is 15.3 Å². The molecular weight excluding hydrogens is 345 g/mol. The van der Waals surface area contributed by atoms with Crippen LogP contribution in [-0.2, 0) is 9.53 Å². The van der Waals surface area contributed by atoms with Crippen LogP contribution >= 0.6 is 0 Å². The van der Waals surface area contributed by atoms with E-state index in [1.165, 1.54) is 34.8 Å². The molecule has 0 spiro atoms. The zero-order chi connectivity index (χ0) is 18.7. The quantitative estimate of drug-likeness (QED) is 0.474. The Morgan fingerprint density at radius 3 is 3.04 bits per heavy atom. The fourth-order valence-corrected chi connectivity index (χ4v) is 2.55. The number of oxime groups is 1. The predicted octanol–water partition coefficient (Wildman–Crippen LogP) is 1.28. The van der Waals surface area contributed by atoms with E-state index < -0.39 is 18.0 Å². The van der Waals surface area contributed by atoms with Crippen molar-refractivity contribution in [2.45, 2.75) is 13.0 Å². The number of benzene rings is 1. The summed E-state index contributed by atoms with van der Waals surface area (Å²) in [6, 6.07) is 5.81. The number of anilines is 1. The van der Waals surface area contributed by atoms with Crippen LogP contribution in [-0.4, -0.2) is 52.4 Å². The molecule has 2 N–H and O–H groups in total. The number of nitrogens with one attached hydrogen (secondary N) is 1. The number of carbonyl (C=O) groups is 2. The van der Waals surface area contributed by atoms with E-state index in [-0.39, 0.29) is 24.7 Å². The molecular formula is C16H16FN5O4. The van der Waals surface area contributed by atoms with E-state index in [9.17, 15) is 14.0 Å². The van der Waals surface area contributed by atoms with E-state index >= 15 is 0 Å². The highest BCUT2D eigenvalue weighted by Gasteiger charge is 2.32. The van der Waals surface area contributed by atoms with E-state index in [0.717, 1.165) is 6.21 Å². The predicted molar refractivity (Wildman–Crippen MR) is 89.2 cm³/mol. The molecule has 0 saturated carbocycles. The topological polar surface area (TPSA) is 109 Å². The maximum absolute atomic E-state index is 14.5. The summed E-state index contributed by atoms with van der Waals surface area (Å²) in [6.07, 6.45) is 1.54. The molecule has 0 bridgehead atoms. The standard InChI is InChI=1S/C16H16FN5O4/c1-10(23)18-8-13-9-21(16(24)26-13)12-2-3-15(14(17)6-12)22-5-4-11(20-22)7-19-25/h2-7,13,25H,8-9H2,1H3,(H,18,23)/t13-/m0/s1. The lowest BCUT2D eigenvalue weighted by Gasteiger charge is -2.14. The Hall–Kier alpha value is -3.43. The van der Waals surface area contributed by atoms with Crippen LogP contribution in [0.3, 0.4) is 0 Å². The van der Waals surface area contributed by atoms with Gasteiger partial charge in [-0.25, -0.2) is 13.9 Å². The van der Waals surface area contributed by atoms with Gasteiger partial charge in [-0.3, -0.25) is 9.69 Å². The molecule has 0 aliphatic carbocycles. The average Bonchev–Trinajstić information content (AvgIpc) is 3.20. The van der Waals surface area contributed by atoms with Crippen LogP contribution < -0.4 is 10.2 Å². The largest absolute Gasteiger partial charge is 0.442 e. The summed E-state index contributed by atoms with van der Waals surface area (Å²) in [5, 5.41) is 18.0. The molecule has 0 radical (unpaired) electrons. The molecule has 1 saturated heterocycles. The van der Waals surface area contributed by atoms with Gasteiger partial charge in [-0.15, -0.1) is 0 Å². The number of rotatable bonds is 5. The fourth-order valence-electron chi connectivity index (χ4n) is 2.55. The molecule has 9 nitrogen and oxygen atoms in total. The van der Waals surface area contributed by atoms with Gasteiger partial charge in [-0.1, -0.05) is 5.16 Å². The first kappa shape index (κ1) is 17.4. The van der Waals surface area contributed by atoms with Gasteiger partial charge in [0.05, 0.1) is 25.0 Å². The Morgan fingerprint density at radius 1 is 1.54 bits per heavy atom. The van der Waals surface area contributed by atoms with Crippen LogP contribution in [0.15, 0.2) is 35.6 Å². The molecule has 26 heavy (non-hydrogen) atoms. The van der Waals surface area contributed by atoms with Gasteiger partial charge in [-0.2, -0.15) is 5.10 Å². The summed E-state index contributed by atoms with van der Waals surface area (Å²) in [6.45, 7) is 1.77. The lowest BCUT2D eigenvalue weighted by Crippen LogP contribution is -2.33. The van der Waals surface area contributed by atoms with Crippen LogP contribution in [0.2, 0.25) is 0 Å². The number of halogens is 1. The third kappa shape index (κ3) is 3.63. The maximum Gasteiger partial charge on any atom is 0.414 e. The number of carbonyl (C=O) groups excluding carboxylic acids is 2. The van der Waals surface area contributed by atoms with E-state index in [4.69, 9.17) is 9.94 Å². The van der Waals surface area contributed by atoms with Crippen molar-refractivity contribution in [3.8, 4) is 5.69 Å². The summed E-state index contributed by atoms with van der Waals surface area (Å²) < 4.78 is 20.9. The van der Waals surface area contributed by atoms with Gasteiger partial charge in [-0.05, 0) is 24.3 Å². The Morgan fingerprint density at radius 2 is 2.35 bits per heavy atom. The molecule has 1 aliphatic rings. The molecule has 3 rings (SSSR count). The van der Waals surface area contributed by atoms with Crippen molar-refractivity contribution in [2.24, 2.45) is 5.16 Å². The van der Waals surface area contributed by atoms with Crippen molar-refractivity contribution in [3.05, 3.63) is 42.0 Å². The smallest absolute Gasteiger partial charge is 0.414 e. The second kappa shape index (κ2) is 7.21. The molecule has 0 unspecified atom stereocenters. The maximum atomic E-state index is 14.5. The molecule has 2 amide bonds. The van der Waals surface area contributed by atoms with Gasteiger partial charge in [0.15, 0.2) is 5.82 Å². The number of aromatic nitrogens is 2. The van der Waals surface area contributed by atoms with Gasteiger partial charge >= 0.3 is 6.09 Å². The number of ether oxygens (including phenoxy) is 1. The molecule has 1 fully saturated rings. The van der Waals surface area contributed by atoms with Gasteiger partial charge in [0.1, 0.15) is 17.5 Å². The molecule has 2 heterocycles. The lowest BCUT2D eigenvalue weighted by atomic mass is 10.2. The van der Waals surface area contributed by atoms with Crippen molar-refractivity contribution >= 4 is 23.9 Å². The highest BCUT2D eigenvalue weighted by atomic mass is 19.1. The molecule has 1 aromatic carbocycles. The van der Waals surface area contributed by atoms with Crippen LogP contribution in [0.4, 0.5) is 14.9 Å². The Labute approximate surface area is 147 Å². The van der Waals surface area contributed by atoms with Crippen molar-refractivity contribution in [1.29, 1.82) is 0 Å². The number of nitrogens with zero attached hydrogens (tertiary/aromatic N) is 4. The minimum absolute atomic E-state index is 0.175. The summed E-state index contributed by atoms with van der Waals surface area (Å²) in [5.41, 5.74) is 0.875. The summed E-state index contributed by atoms with van der Waals surface area (Å²) in [5.74, 6) is -0.809. The van der Waals surface area contributed by atoms with Crippen LogP contribution in [0.25, 0.3) is 5.69 Å². The Kier molecular flexibility index (Phi) is 4.83. The van der Waals surface area contributed by atoms with Crippen LogP contribution in [0.1, 0.15) is 12.6 Å².